The fourth-order valence-corrected chi connectivity index (χ4v) is 4.07. The van der Waals surface area contributed by atoms with Gasteiger partial charge in [-0.15, -0.1) is 0 Å². The molecule has 0 bridgehead atoms. The highest BCUT2D eigenvalue weighted by Crippen LogP contribution is 2.33. The maximum atomic E-state index is 12.6. The van der Waals surface area contributed by atoms with Gasteiger partial charge in [0, 0.05) is 13.1 Å². The number of carbonyl (C=O) groups is 1. The molecule has 0 saturated carbocycles. The van der Waals surface area contributed by atoms with Gasteiger partial charge in [0.1, 0.15) is 5.75 Å². The zero-order valence-corrected chi connectivity index (χ0v) is 12.3. The van der Waals surface area contributed by atoms with Crippen molar-refractivity contribution in [1.82, 2.24) is 4.31 Å². The highest BCUT2D eigenvalue weighted by molar-refractivity contribution is 7.89. The van der Waals surface area contributed by atoms with E-state index in [0.717, 1.165) is 0 Å². The van der Waals surface area contributed by atoms with Gasteiger partial charge in [-0.2, -0.15) is 4.31 Å². The van der Waals surface area contributed by atoms with Gasteiger partial charge in [-0.3, -0.25) is 4.79 Å². The van der Waals surface area contributed by atoms with E-state index < -0.39 is 15.6 Å². The number of carbonyl (C=O) groups excluding carboxylic acids is 1. The summed E-state index contributed by atoms with van der Waals surface area (Å²) in [5.41, 5.74) is -0.656. The quantitative estimate of drug-likeness (QED) is 0.811. The van der Waals surface area contributed by atoms with Crippen LogP contribution < -0.4 is 10.1 Å². The first kappa shape index (κ1) is 14.3. The van der Waals surface area contributed by atoms with Crippen LogP contribution in [0.4, 0.5) is 5.69 Å². The predicted molar refractivity (Wildman–Crippen MR) is 74.6 cm³/mol. The number of fused-ring (bicyclic) bond motifs is 1. The van der Waals surface area contributed by atoms with E-state index in [1.165, 1.54) is 22.5 Å². The number of hydrogen-bond donors (Lipinski definition) is 2. The smallest absolute Gasteiger partial charge is 0.262 e. The summed E-state index contributed by atoms with van der Waals surface area (Å²) in [5.74, 6) is 0.128. The standard InChI is InChI=1S/C13H16N2O5S/c1-13(17)4-5-15(8-13)21(18,19)9-2-3-11-10(6-9)14-12(16)7-20-11/h2-3,6,17H,4-5,7-8H2,1H3,(H,14,16). The van der Waals surface area contributed by atoms with Gasteiger partial charge < -0.3 is 15.2 Å². The molecule has 1 saturated heterocycles. The van der Waals surface area contributed by atoms with Gasteiger partial charge in [-0.1, -0.05) is 0 Å². The molecule has 2 aliphatic heterocycles. The van der Waals surface area contributed by atoms with Crippen LogP contribution in [0.15, 0.2) is 23.1 Å². The number of nitrogens with zero attached hydrogens (tertiary/aromatic N) is 1. The van der Waals surface area contributed by atoms with Crippen LogP contribution in [0.25, 0.3) is 0 Å². The van der Waals surface area contributed by atoms with Crippen molar-refractivity contribution in [1.29, 1.82) is 0 Å². The Hall–Kier alpha value is -1.64. The van der Waals surface area contributed by atoms with Crippen LogP contribution in [0, 0.1) is 0 Å². The lowest BCUT2D eigenvalue weighted by molar-refractivity contribution is -0.118. The Kier molecular flexibility index (Phi) is 3.19. The topological polar surface area (TPSA) is 95.9 Å². The van der Waals surface area contributed by atoms with Gasteiger partial charge in [-0.05, 0) is 31.5 Å². The van der Waals surface area contributed by atoms with Gasteiger partial charge in [0.05, 0.1) is 16.2 Å². The molecule has 1 unspecified atom stereocenters. The summed E-state index contributed by atoms with van der Waals surface area (Å²) in [6.07, 6.45) is 0.400. The average molecular weight is 312 g/mol. The molecule has 0 spiro atoms. The van der Waals surface area contributed by atoms with Crippen LogP contribution in [0.2, 0.25) is 0 Å². The van der Waals surface area contributed by atoms with Crippen molar-refractivity contribution < 1.29 is 23.1 Å². The Morgan fingerprint density at radius 3 is 2.86 bits per heavy atom. The number of benzene rings is 1. The van der Waals surface area contributed by atoms with E-state index in [1.807, 2.05) is 0 Å². The second kappa shape index (κ2) is 4.69. The minimum absolute atomic E-state index is 0.0648. The van der Waals surface area contributed by atoms with Crippen molar-refractivity contribution >= 4 is 21.6 Å². The second-order valence-electron chi connectivity index (χ2n) is 5.58. The number of amides is 1. The molecule has 1 aromatic carbocycles. The number of nitrogens with one attached hydrogen (secondary N) is 1. The third kappa shape index (κ3) is 2.61. The minimum atomic E-state index is -3.69. The number of rotatable bonds is 2. The zero-order valence-electron chi connectivity index (χ0n) is 11.5. The summed E-state index contributed by atoms with van der Waals surface area (Å²) < 4.78 is 31.6. The molecule has 2 N–H and O–H groups in total. The minimum Gasteiger partial charge on any atom is -0.482 e. The fraction of sp³-hybridized carbons (Fsp3) is 0.462. The summed E-state index contributed by atoms with van der Waals surface area (Å²) in [6.45, 7) is 1.88. The van der Waals surface area contributed by atoms with E-state index in [1.54, 1.807) is 6.92 Å². The molecule has 0 aromatic heterocycles. The first-order valence-corrected chi connectivity index (χ1v) is 8.01. The first-order chi connectivity index (χ1) is 9.78. The normalized spacial score (nSPS) is 26.1. The molecule has 0 radical (unpaired) electrons. The van der Waals surface area contributed by atoms with Crippen molar-refractivity contribution in [3.05, 3.63) is 18.2 Å². The Labute approximate surface area is 122 Å². The number of anilines is 1. The lowest BCUT2D eigenvalue weighted by Gasteiger charge is -2.21. The average Bonchev–Trinajstić information content (AvgIpc) is 2.79. The summed E-state index contributed by atoms with van der Waals surface area (Å²) in [6, 6.07) is 4.35. The lowest BCUT2D eigenvalue weighted by atomic mass is 10.1. The molecule has 7 nitrogen and oxygen atoms in total. The Morgan fingerprint density at radius 2 is 2.19 bits per heavy atom. The SMILES string of the molecule is CC1(O)CCN(S(=O)(=O)c2ccc3c(c2)NC(=O)CO3)C1. The lowest BCUT2D eigenvalue weighted by Crippen LogP contribution is -2.34. The summed E-state index contributed by atoms with van der Waals surface area (Å²) >= 11 is 0. The maximum Gasteiger partial charge on any atom is 0.262 e. The van der Waals surface area contributed by atoms with Crippen molar-refractivity contribution in [3.8, 4) is 5.75 Å². The van der Waals surface area contributed by atoms with Crippen LogP contribution in [-0.2, 0) is 14.8 Å². The number of ether oxygens (including phenoxy) is 1. The van der Waals surface area contributed by atoms with Gasteiger partial charge in [-0.25, -0.2) is 8.42 Å². The molecule has 8 heteroatoms. The third-order valence-electron chi connectivity index (χ3n) is 3.64. The Balaban J connectivity index is 1.93. The molecular formula is C13H16N2O5S. The second-order valence-corrected chi connectivity index (χ2v) is 7.52. The van der Waals surface area contributed by atoms with E-state index in [4.69, 9.17) is 4.74 Å². The molecule has 1 amide bonds. The van der Waals surface area contributed by atoms with Crippen LogP contribution in [-0.4, -0.2) is 49.0 Å². The van der Waals surface area contributed by atoms with Gasteiger partial charge in [0.25, 0.3) is 5.91 Å². The molecule has 21 heavy (non-hydrogen) atoms. The number of hydrogen-bond acceptors (Lipinski definition) is 5. The van der Waals surface area contributed by atoms with Crippen LogP contribution >= 0.6 is 0 Å². The van der Waals surface area contributed by atoms with E-state index >= 15 is 0 Å². The molecule has 1 atom stereocenters. The van der Waals surface area contributed by atoms with Crippen LogP contribution in [0.3, 0.4) is 0 Å². The molecule has 1 aromatic rings. The van der Waals surface area contributed by atoms with Crippen molar-refractivity contribution in [2.24, 2.45) is 0 Å². The molecule has 2 heterocycles. The highest BCUT2D eigenvalue weighted by Gasteiger charge is 2.38. The van der Waals surface area contributed by atoms with Crippen LogP contribution in [0.5, 0.6) is 5.75 Å². The summed E-state index contributed by atoms with van der Waals surface area (Å²) in [7, 11) is -3.69. The monoisotopic (exact) mass is 312 g/mol. The van der Waals surface area contributed by atoms with Gasteiger partial charge in [0.2, 0.25) is 10.0 Å². The maximum absolute atomic E-state index is 12.6. The largest absolute Gasteiger partial charge is 0.482 e. The summed E-state index contributed by atoms with van der Waals surface area (Å²) in [4.78, 5) is 11.4. The van der Waals surface area contributed by atoms with Crippen molar-refractivity contribution in [2.75, 3.05) is 25.0 Å². The Bertz CT molecular complexity index is 699. The summed E-state index contributed by atoms with van der Waals surface area (Å²) in [5, 5.41) is 12.5. The molecular weight excluding hydrogens is 296 g/mol. The fourth-order valence-electron chi connectivity index (χ4n) is 2.48. The first-order valence-electron chi connectivity index (χ1n) is 6.57. The molecule has 3 rings (SSSR count). The van der Waals surface area contributed by atoms with Crippen molar-refractivity contribution in [3.63, 3.8) is 0 Å². The zero-order chi connectivity index (χ0) is 15.3. The molecule has 114 valence electrons. The third-order valence-corrected chi connectivity index (χ3v) is 5.48. The molecule has 1 fully saturated rings. The van der Waals surface area contributed by atoms with Gasteiger partial charge in [0.15, 0.2) is 6.61 Å². The number of aliphatic hydroxyl groups is 1. The Morgan fingerprint density at radius 1 is 1.43 bits per heavy atom. The number of β-amino-alcohol motifs (C(OH)–C–C–N with tert-alkyl or cyclic N) is 1. The van der Waals surface area contributed by atoms with E-state index in [-0.39, 0.29) is 30.5 Å². The highest BCUT2D eigenvalue weighted by atomic mass is 32.2. The molecule has 2 aliphatic rings. The predicted octanol–water partition coefficient (Wildman–Crippen LogP) is 0.163. The van der Waals surface area contributed by atoms with Crippen LogP contribution in [0.1, 0.15) is 13.3 Å². The van der Waals surface area contributed by atoms with E-state index in [9.17, 15) is 18.3 Å². The number of sulfonamides is 1. The van der Waals surface area contributed by atoms with E-state index in [2.05, 4.69) is 5.32 Å². The molecule has 0 aliphatic carbocycles. The van der Waals surface area contributed by atoms with E-state index in [0.29, 0.717) is 17.9 Å². The van der Waals surface area contributed by atoms with Crippen molar-refractivity contribution in [2.45, 2.75) is 23.8 Å². The van der Waals surface area contributed by atoms with Gasteiger partial charge >= 0.3 is 0 Å².